The van der Waals surface area contributed by atoms with E-state index in [1.54, 1.807) is 0 Å². The second-order valence-electron chi connectivity index (χ2n) is 6.07. The van der Waals surface area contributed by atoms with Crippen LogP contribution < -0.4 is 5.32 Å². The molecule has 1 aliphatic heterocycles. The first-order chi connectivity index (χ1) is 11.3. The molecular formula is C15H22N3O4S2. The zero-order valence-electron chi connectivity index (χ0n) is 13.8. The predicted octanol–water partition coefficient (Wildman–Crippen LogP) is 1.23. The molecule has 0 spiro atoms. The van der Waals surface area contributed by atoms with Gasteiger partial charge in [0.15, 0.2) is 5.78 Å². The molecule has 1 atom stereocenters. The van der Waals surface area contributed by atoms with Gasteiger partial charge in [-0.05, 0) is 31.7 Å². The number of sulfonamides is 1. The number of nitrogens with one attached hydrogen (secondary N) is 1. The van der Waals surface area contributed by atoms with Crippen molar-refractivity contribution < 1.29 is 18.0 Å². The Kier molecular flexibility index (Phi) is 6.47. The number of ketones is 1. The minimum absolute atomic E-state index is 0.0615. The van der Waals surface area contributed by atoms with Crippen molar-refractivity contribution >= 4 is 33.1 Å². The number of hydrogen-bond donors (Lipinski definition) is 1. The highest BCUT2D eigenvalue weighted by atomic mass is 32.2. The van der Waals surface area contributed by atoms with Crippen molar-refractivity contribution in [1.82, 2.24) is 14.6 Å². The van der Waals surface area contributed by atoms with Gasteiger partial charge >= 0.3 is 0 Å². The Bertz CT molecular complexity index is 671. The second-order valence-corrected chi connectivity index (χ2v) is 8.96. The molecule has 2 heterocycles. The van der Waals surface area contributed by atoms with Crippen LogP contribution in [0.15, 0.2) is 15.9 Å². The van der Waals surface area contributed by atoms with E-state index in [4.69, 9.17) is 0 Å². The van der Waals surface area contributed by atoms with Crippen LogP contribution in [0, 0.1) is 12.3 Å². The average molecular weight is 372 g/mol. The van der Waals surface area contributed by atoms with Gasteiger partial charge in [-0.1, -0.05) is 13.8 Å². The Labute approximate surface area is 146 Å². The molecule has 7 nitrogen and oxygen atoms in total. The zero-order chi connectivity index (χ0) is 17.7. The van der Waals surface area contributed by atoms with Gasteiger partial charge in [-0.3, -0.25) is 9.59 Å². The van der Waals surface area contributed by atoms with Crippen LogP contribution in [0.25, 0.3) is 0 Å². The standard InChI is InChI=1S/C15H22N3O4S2/c1-11(2)5-6-14(20)18(12-4-3-7-16-10-13(12)19)24(21,22)15-17-8-9-23-15/h6,8-9,11-12,16H,3-5,7,10H2,1-2H3/t12-/m0/s1. The van der Waals surface area contributed by atoms with E-state index in [0.717, 1.165) is 15.6 Å². The van der Waals surface area contributed by atoms with Gasteiger partial charge in [0.1, 0.15) is 6.04 Å². The van der Waals surface area contributed by atoms with Crippen LogP contribution in [0.4, 0.5) is 0 Å². The minimum atomic E-state index is -4.14. The molecule has 133 valence electrons. The number of aromatic nitrogens is 1. The largest absolute Gasteiger partial charge is 0.310 e. The zero-order valence-corrected chi connectivity index (χ0v) is 15.4. The highest BCUT2D eigenvalue weighted by Gasteiger charge is 2.40. The van der Waals surface area contributed by atoms with Gasteiger partial charge in [-0.2, -0.15) is 8.42 Å². The highest BCUT2D eigenvalue weighted by Crippen LogP contribution is 2.25. The van der Waals surface area contributed by atoms with Crippen LogP contribution in [0.3, 0.4) is 0 Å². The van der Waals surface area contributed by atoms with Crippen LogP contribution in [0.5, 0.6) is 0 Å². The monoisotopic (exact) mass is 372 g/mol. The first-order valence-corrected chi connectivity index (χ1v) is 10.2. The highest BCUT2D eigenvalue weighted by molar-refractivity contribution is 7.91. The minimum Gasteiger partial charge on any atom is -0.310 e. The molecule has 1 fully saturated rings. The Hall–Kier alpha value is -1.32. The van der Waals surface area contributed by atoms with Crippen LogP contribution in [0.1, 0.15) is 33.1 Å². The molecule has 0 aromatic carbocycles. The van der Waals surface area contributed by atoms with Gasteiger partial charge in [0.2, 0.25) is 10.2 Å². The molecule has 1 aromatic rings. The topological polar surface area (TPSA) is 96.4 Å². The third kappa shape index (κ3) is 4.40. The van der Waals surface area contributed by atoms with Crippen molar-refractivity contribution in [3.8, 4) is 0 Å². The molecule has 1 saturated heterocycles. The summed E-state index contributed by atoms with van der Waals surface area (Å²) in [6.07, 6.45) is 4.10. The molecule has 24 heavy (non-hydrogen) atoms. The van der Waals surface area contributed by atoms with Crippen LogP contribution in [-0.4, -0.2) is 48.5 Å². The lowest BCUT2D eigenvalue weighted by Crippen LogP contribution is -2.49. The number of Topliss-reactive ketones (excluding diaryl/α,β-unsaturated/α-hetero) is 1. The van der Waals surface area contributed by atoms with Crippen molar-refractivity contribution in [2.75, 3.05) is 13.1 Å². The van der Waals surface area contributed by atoms with Gasteiger partial charge in [0, 0.05) is 11.6 Å². The van der Waals surface area contributed by atoms with E-state index in [0.29, 0.717) is 25.8 Å². The Morgan fingerprint density at radius 2 is 2.29 bits per heavy atom. The Morgan fingerprint density at radius 1 is 1.54 bits per heavy atom. The lowest BCUT2D eigenvalue weighted by atomic mass is 10.1. The van der Waals surface area contributed by atoms with Crippen molar-refractivity contribution in [2.45, 2.75) is 43.5 Å². The number of carbonyl (C=O) groups excluding carboxylic acids is 2. The van der Waals surface area contributed by atoms with Crippen LogP contribution in [0.2, 0.25) is 0 Å². The van der Waals surface area contributed by atoms with E-state index in [-0.39, 0.29) is 22.6 Å². The SMILES string of the molecule is CC(C)C[CH]C(=O)N([C@H]1CCCNCC1=O)S(=O)(=O)c1nccs1. The molecule has 1 N–H and O–H groups in total. The molecule has 1 amide bonds. The second kappa shape index (κ2) is 8.17. The van der Waals surface area contributed by atoms with Gasteiger partial charge in [-0.15, -0.1) is 11.3 Å². The summed E-state index contributed by atoms with van der Waals surface area (Å²) < 4.78 is 26.4. The average Bonchev–Trinajstić information content (AvgIpc) is 2.99. The van der Waals surface area contributed by atoms with Crippen LogP contribution in [-0.2, 0) is 19.6 Å². The number of nitrogens with zero attached hydrogens (tertiary/aromatic N) is 2. The molecule has 0 bridgehead atoms. The third-order valence-corrected chi connectivity index (χ3v) is 6.64. The number of hydrogen-bond acceptors (Lipinski definition) is 7. The lowest BCUT2D eigenvalue weighted by molar-refractivity contribution is -0.131. The van der Waals surface area contributed by atoms with E-state index in [9.17, 15) is 18.0 Å². The molecule has 9 heteroatoms. The van der Waals surface area contributed by atoms with E-state index in [2.05, 4.69) is 10.3 Å². The van der Waals surface area contributed by atoms with E-state index < -0.39 is 22.0 Å². The Balaban J connectivity index is 2.37. The number of rotatable bonds is 6. The smallest absolute Gasteiger partial charge is 0.294 e. The third-order valence-electron chi connectivity index (χ3n) is 3.66. The quantitative estimate of drug-likeness (QED) is 0.807. The van der Waals surface area contributed by atoms with Gasteiger partial charge in [0.25, 0.3) is 10.0 Å². The molecule has 0 saturated carbocycles. The van der Waals surface area contributed by atoms with Gasteiger partial charge in [-0.25, -0.2) is 9.29 Å². The van der Waals surface area contributed by atoms with E-state index >= 15 is 0 Å². The summed E-state index contributed by atoms with van der Waals surface area (Å²) in [7, 11) is -4.14. The van der Waals surface area contributed by atoms with Crippen molar-refractivity contribution in [1.29, 1.82) is 0 Å². The fraction of sp³-hybridized carbons (Fsp3) is 0.600. The number of carbonyl (C=O) groups is 2. The molecule has 0 unspecified atom stereocenters. The van der Waals surface area contributed by atoms with E-state index in [1.807, 2.05) is 13.8 Å². The summed E-state index contributed by atoms with van der Waals surface area (Å²) in [5, 5.41) is 4.48. The number of amides is 1. The fourth-order valence-corrected chi connectivity index (χ4v) is 4.93. The maximum atomic E-state index is 12.9. The van der Waals surface area contributed by atoms with Gasteiger partial charge < -0.3 is 5.32 Å². The molecule has 2 rings (SSSR count). The molecule has 1 aliphatic rings. The normalized spacial score (nSPS) is 19.3. The van der Waals surface area contributed by atoms with Crippen molar-refractivity contribution in [2.24, 2.45) is 5.92 Å². The summed E-state index contributed by atoms with van der Waals surface area (Å²) in [4.78, 5) is 28.8. The van der Waals surface area contributed by atoms with E-state index in [1.165, 1.54) is 18.0 Å². The molecule has 0 aliphatic carbocycles. The summed E-state index contributed by atoms with van der Waals surface area (Å²) in [5.41, 5.74) is 0. The summed E-state index contributed by atoms with van der Waals surface area (Å²) >= 11 is 0.937. The first-order valence-electron chi connectivity index (χ1n) is 7.88. The van der Waals surface area contributed by atoms with Crippen molar-refractivity contribution in [3.05, 3.63) is 18.0 Å². The molecule has 1 aromatic heterocycles. The van der Waals surface area contributed by atoms with Crippen molar-refractivity contribution in [3.63, 3.8) is 0 Å². The maximum Gasteiger partial charge on any atom is 0.294 e. The summed E-state index contributed by atoms with van der Waals surface area (Å²) in [6, 6.07) is -0.982. The summed E-state index contributed by atoms with van der Waals surface area (Å²) in [5.74, 6) is -0.733. The Morgan fingerprint density at radius 3 is 2.92 bits per heavy atom. The fourth-order valence-electron chi connectivity index (χ4n) is 2.45. The first kappa shape index (κ1) is 19.0. The van der Waals surface area contributed by atoms with Crippen LogP contribution >= 0.6 is 11.3 Å². The lowest BCUT2D eigenvalue weighted by Gasteiger charge is -2.28. The maximum absolute atomic E-state index is 12.9. The molecular weight excluding hydrogens is 350 g/mol. The molecule has 1 radical (unpaired) electrons. The van der Waals surface area contributed by atoms with Gasteiger partial charge in [0.05, 0.1) is 13.0 Å². The number of thiazole rings is 1. The summed E-state index contributed by atoms with van der Waals surface area (Å²) in [6.45, 7) is 4.55. The predicted molar refractivity (Wildman–Crippen MR) is 90.8 cm³/mol.